The predicted molar refractivity (Wildman–Crippen MR) is 81.8 cm³/mol. The molecule has 118 valence electrons. The van der Waals surface area contributed by atoms with Gasteiger partial charge in [0.2, 0.25) is 17.7 Å². The zero-order valence-electron chi connectivity index (χ0n) is 12.7. The number of nitrogens with two attached hydrogens (primary N) is 1. The Morgan fingerprint density at radius 1 is 1.48 bits per heavy atom. The maximum absolute atomic E-state index is 12.6. The van der Waals surface area contributed by atoms with Gasteiger partial charge in [0.1, 0.15) is 12.9 Å². The molecule has 1 aliphatic rings. The topological polar surface area (TPSA) is 111 Å². The predicted octanol–water partition coefficient (Wildman–Crippen LogP) is 0.230. The highest BCUT2D eigenvalue weighted by Gasteiger charge is 2.31. The van der Waals surface area contributed by atoms with Gasteiger partial charge in [-0.25, -0.2) is 15.0 Å². The Balaban J connectivity index is 2.33. The third-order valence-electron chi connectivity index (χ3n) is 3.58. The average molecular weight is 313 g/mol. The van der Waals surface area contributed by atoms with E-state index in [1.54, 1.807) is 19.2 Å². The molecule has 0 aromatic carbocycles. The number of rotatable bonds is 3. The van der Waals surface area contributed by atoms with Crippen molar-refractivity contribution in [1.29, 1.82) is 0 Å². The second kappa shape index (κ2) is 5.64. The molecule has 0 saturated heterocycles. The molecule has 0 bridgehead atoms. The van der Waals surface area contributed by atoms with Gasteiger partial charge >= 0.3 is 0 Å². The third kappa shape index (κ3) is 2.59. The van der Waals surface area contributed by atoms with Crippen LogP contribution in [0.25, 0.3) is 11.1 Å². The van der Waals surface area contributed by atoms with Gasteiger partial charge in [-0.05, 0) is 13.0 Å². The monoisotopic (exact) mass is 313 g/mol. The van der Waals surface area contributed by atoms with Crippen LogP contribution in [0.1, 0.15) is 11.4 Å². The van der Waals surface area contributed by atoms with Crippen LogP contribution < -0.4 is 15.4 Å². The van der Waals surface area contributed by atoms with Crippen molar-refractivity contribution in [3.05, 3.63) is 30.0 Å². The number of hydrogen-bond acceptors (Lipinski definition) is 6. The van der Waals surface area contributed by atoms with Gasteiger partial charge in [0.25, 0.3) is 0 Å². The van der Waals surface area contributed by atoms with Crippen molar-refractivity contribution in [2.24, 2.45) is 5.73 Å². The summed E-state index contributed by atoms with van der Waals surface area (Å²) in [6.07, 6.45) is 3.04. The average Bonchev–Trinajstić information content (AvgIpc) is 2.62. The Bertz CT molecular complexity index is 806. The van der Waals surface area contributed by atoms with Gasteiger partial charge < -0.3 is 15.4 Å². The van der Waals surface area contributed by atoms with E-state index in [2.05, 4.69) is 15.0 Å². The van der Waals surface area contributed by atoms with E-state index in [0.717, 1.165) is 0 Å². The number of nitrogens with zero attached hydrogens (tertiary/aromatic N) is 4. The smallest absolute Gasteiger partial charge is 0.237 e. The molecule has 0 radical (unpaired) electrons. The van der Waals surface area contributed by atoms with Crippen molar-refractivity contribution in [1.82, 2.24) is 15.0 Å². The number of hydrogen-bond donors (Lipinski definition) is 1. The number of fused-ring (bicyclic) bond motifs is 3. The summed E-state index contributed by atoms with van der Waals surface area (Å²) in [6.45, 7) is 1.56. The molecule has 3 heterocycles. The first-order valence-corrected chi connectivity index (χ1v) is 6.94. The van der Waals surface area contributed by atoms with Crippen LogP contribution >= 0.6 is 0 Å². The lowest BCUT2D eigenvalue weighted by Crippen LogP contribution is -2.39. The Morgan fingerprint density at radius 3 is 2.96 bits per heavy atom. The largest absolute Gasteiger partial charge is 0.480 e. The second-order valence-electron chi connectivity index (χ2n) is 5.17. The number of ether oxygens (including phenoxy) is 1. The summed E-state index contributed by atoms with van der Waals surface area (Å²) in [7, 11) is 1.50. The molecule has 2 amide bonds. The highest BCUT2D eigenvalue weighted by Crippen LogP contribution is 2.41. The molecule has 8 nitrogen and oxygen atoms in total. The maximum Gasteiger partial charge on any atom is 0.237 e. The third-order valence-corrected chi connectivity index (χ3v) is 3.58. The highest BCUT2D eigenvalue weighted by molar-refractivity contribution is 6.05. The lowest BCUT2D eigenvalue weighted by molar-refractivity contribution is -0.122. The molecule has 23 heavy (non-hydrogen) atoms. The molecule has 8 heteroatoms. The van der Waals surface area contributed by atoms with Gasteiger partial charge in [-0.3, -0.25) is 9.59 Å². The maximum atomic E-state index is 12.6. The van der Waals surface area contributed by atoms with Crippen molar-refractivity contribution in [3.63, 3.8) is 0 Å². The fourth-order valence-corrected chi connectivity index (χ4v) is 2.65. The zero-order chi connectivity index (χ0) is 16.6. The van der Waals surface area contributed by atoms with E-state index in [0.29, 0.717) is 34.1 Å². The normalized spacial score (nSPS) is 13.1. The lowest BCUT2D eigenvalue weighted by atomic mass is 10.0. The van der Waals surface area contributed by atoms with Crippen LogP contribution in [0, 0.1) is 6.92 Å². The quantitative estimate of drug-likeness (QED) is 0.868. The van der Waals surface area contributed by atoms with E-state index in [1.165, 1.54) is 18.3 Å². The van der Waals surface area contributed by atoms with E-state index in [4.69, 9.17) is 10.5 Å². The fraction of sp³-hybridized carbons (Fsp3) is 0.267. The number of carbonyl (C=O) groups excluding carboxylic acids is 2. The summed E-state index contributed by atoms with van der Waals surface area (Å²) in [4.78, 5) is 37.9. The van der Waals surface area contributed by atoms with E-state index < -0.39 is 5.91 Å². The van der Waals surface area contributed by atoms with Crippen molar-refractivity contribution in [2.75, 3.05) is 18.6 Å². The van der Waals surface area contributed by atoms with Crippen LogP contribution in [0.15, 0.2) is 18.6 Å². The summed E-state index contributed by atoms with van der Waals surface area (Å²) in [5.74, 6) is -0.523. The number of methoxy groups -OCH3 is 1. The number of anilines is 1. The standard InChI is InChI=1S/C15H15N5O3/c1-8-3-11-14(15(19-8)23-2)9-5-17-7-18-10(9)4-13(22)20(11)6-12(16)21/h3,5,7H,4,6H2,1-2H3,(H2,16,21). The molecule has 0 atom stereocenters. The number of primary amides is 1. The summed E-state index contributed by atoms with van der Waals surface area (Å²) in [5.41, 5.74) is 8.28. The number of amides is 2. The van der Waals surface area contributed by atoms with E-state index in [1.807, 2.05) is 0 Å². The molecule has 2 aromatic heterocycles. The highest BCUT2D eigenvalue weighted by atomic mass is 16.5. The number of aryl methyl sites for hydroxylation is 1. The number of aromatic nitrogens is 3. The first kappa shape index (κ1) is 14.9. The SMILES string of the molecule is COc1nc(C)cc2c1-c1cncnc1CC(=O)N2CC(N)=O. The van der Waals surface area contributed by atoms with Crippen molar-refractivity contribution in [2.45, 2.75) is 13.3 Å². The Labute approximate surface area is 132 Å². The minimum absolute atomic E-state index is 0.0437. The van der Waals surface area contributed by atoms with Crippen LogP contribution in [0.4, 0.5) is 5.69 Å². The van der Waals surface area contributed by atoms with Gasteiger partial charge in [0, 0.05) is 17.5 Å². The van der Waals surface area contributed by atoms with Crippen LogP contribution in [-0.4, -0.2) is 40.4 Å². The Kier molecular flexibility index (Phi) is 3.65. The molecule has 1 aliphatic heterocycles. The molecule has 3 rings (SSSR count). The molecule has 0 saturated carbocycles. The number of pyridine rings is 1. The minimum Gasteiger partial charge on any atom is -0.480 e. The van der Waals surface area contributed by atoms with Crippen molar-refractivity contribution < 1.29 is 14.3 Å². The summed E-state index contributed by atoms with van der Waals surface area (Å²) >= 11 is 0. The van der Waals surface area contributed by atoms with Gasteiger partial charge in [0.05, 0.1) is 30.5 Å². The first-order valence-electron chi connectivity index (χ1n) is 6.94. The van der Waals surface area contributed by atoms with Crippen molar-refractivity contribution in [3.8, 4) is 17.0 Å². The minimum atomic E-state index is -0.602. The Morgan fingerprint density at radius 2 is 2.26 bits per heavy atom. The molecule has 2 N–H and O–H groups in total. The van der Waals surface area contributed by atoms with Gasteiger partial charge in [-0.2, -0.15) is 0 Å². The first-order chi connectivity index (χ1) is 11.0. The van der Waals surface area contributed by atoms with Crippen LogP contribution in [0.5, 0.6) is 5.88 Å². The zero-order valence-corrected chi connectivity index (χ0v) is 12.7. The van der Waals surface area contributed by atoms with E-state index >= 15 is 0 Å². The van der Waals surface area contributed by atoms with E-state index in [9.17, 15) is 9.59 Å². The van der Waals surface area contributed by atoms with Crippen LogP contribution in [0.2, 0.25) is 0 Å². The molecule has 0 aliphatic carbocycles. The lowest BCUT2D eigenvalue weighted by Gasteiger charge is -2.22. The summed E-state index contributed by atoms with van der Waals surface area (Å²) < 4.78 is 5.37. The second-order valence-corrected chi connectivity index (χ2v) is 5.17. The fourth-order valence-electron chi connectivity index (χ4n) is 2.65. The van der Waals surface area contributed by atoms with E-state index in [-0.39, 0.29) is 18.9 Å². The van der Waals surface area contributed by atoms with Crippen LogP contribution in [-0.2, 0) is 16.0 Å². The van der Waals surface area contributed by atoms with Gasteiger partial charge in [0.15, 0.2) is 0 Å². The Hall–Kier alpha value is -3.03. The summed E-state index contributed by atoms with van der Waals surface area (Å²) in [5, 5.41) is 0. The molecule has 0 spiro atoms. The number of carbonyl (C=O) groups is 2. The molecule has 0 unspecified atom stereocenters. The molecule has 2 aromatic rings. The van der Waals surface area contributed by atoms with Crippen LogP contribution in [0.3, 0.4) is 0 Å². The molecule has 0 fully saturated rings. The molecular formula is C15H15N5O3. The molecular weight excluding hydrogens is 298 g/mol. The van der Waals surface area contributed by atoms with Gasteiger partial charge in [-0.1, -0.05) is 0 Å². The van der Waals surface area contributed by atoms with Gasteiger partial charge in [-0.15, -0.1) is 0 Å². The van der Waals surface area contributed by atoms with Crippen molar-refractivity contribution >= 4 is 17.5 Å². The summed E-state index contributed by atoms with van der Waals surface area (Å²) in [6, 6.07) is 1.72.